The Kier molecular flexibility index (Phi) is 15.2. The third kappa shape index (κ3) is 9.83. The number of phenols is 2. The number of methoxy groups -OCH3 is 2. The summed E-state index contributed by atoms with van der Waals surface area (Å²) in [5.41, 5.74) is 13.5. The van der Waals surface area contributed by atoms with Gasteiger partial charge >= 0.3 is 0 Å². The van der Waals surface area contributed by atoms with Crippen LogP contribution in [0.5, 0.6) is 28.7 Å². The van der Waals surface area contributed by atoms with Crippen LogP contribution in [0.4, 0.5) is 0 Å². The van der Waals surface area contributed by atoms with Crippen molar-refractivity contribution in [1.29, 1.82) is 0 Å². The van der Waals surface area contributed by atoms with E-state index in [-0.39, 0.29) is 65.3 Å². The van der Waals surface area contributed by atoms with Crippen molar-refractivity contribution in [2.24, 2.45) is 69.4 Å². The first kappa shape index (κ1) is 51.0. The highest BCUT2D eigenvalue weighted by Crippen LogP contribution is 2.57. The zero-order chi connectivity index (χ0) is 50.4. The molecule has 12 heteroatoms. The van der Waals surface area contributed by atoms with E-state index >= 15 is 0 Å². The lowest BCUT2D eigenvalue weighted by Crippen LogP contribution is -2.53. The molecule has 13 rings (SSSR count). The van der Waals surface area contributed by atoms with Crippen molar-refractivity contribution in [2.45, 2.75) is 147 Å². The number of phenolic OH excluding ortho intramolecular Hbond substituents is 2. The minimum absolute atomic E-state index is 0.00389. The molecular weight excluding hydrogens is 907 g/mol. The fraction of sp³-hybridized carbons (Fsp3) is 0.650. The predicted molar refractivity (Wildman–Crippen MR) is 281 cm³/mol. The van der Waals surface area contributed by atoms with Crippen molar-refractivity contribution in [3.05, 3.63) is 76.4 Å². The maximum Gasteiger partial charge on any atom is 0.188 e. The molecule has 5 aliphatic heterocycles. The lowest BCUT2D eigenvalue weighted by molar-refractivity contribution is -0.0722. The summed E-state index contributed by atoms with van der Waals surface area (Å²) in [6, 6.07) is 11.5. The largest absolute Gasteiger partial charge is 0.508 e. The van der Waals surface area contributed by atoms with Crippen LogP contribution >= 0.6 is 0 Å². The SMILES string of the molecule is CC[C@@H]1C[C@@H]2C=C[C@H]1C[C@@H](O)C[C@]1(CCC[C@H]1CCOC)CN=C(N)NC[C@@H]1CC[C@@H]3CC[C@H](CO)[C@H]1[C@@H]3Oc1cc(ccc1O)[C@@H]1Oc3cc(OC)c4c(c3C[C@H]1O)[C@H]2Cc1cc(O)c(CC(C)C)cc1-4. The van der Waals surface area contributed by atoms with Crippen LogP contribution in [0.2, 0.25) is 0 Å². The summed E-state index contributed by atoms with van der Waals surface area (Å²) in [4.78, 5) is 5.10. The van der Waals surface area contributed by atoms with Crippen molar-refractivity contribution < 1.29 is 44.5 Å². The Morgan fingerprint density at radius 1 is 0.903 bits per heavy atom. The van der Waals surface area contributed by atoms with Crippen LogP contribution in [0.15, 0.2) is 53.5 Å². The van der Waals surface area contributed by atoms with Gasteiger partial charge in [-0.1, -0.05) is 51.8 Å². The summed E-state index contributed by atoms with van der Waals surface area (Å²) in [6.45, 7) is 8.47. The van der Waals surface area contributed by atoms with Gasteiger partial charge in [-0.3, -0.25) is 4.99 Å². The molecule has 1 spiro atoms. The van der Waals surface area contributed by atoms with E-state index in [1.165, 1.54) is 0 Å². The van der Waals surface area contributed by atoms with Gasteiger partial charge in [-0.15, -0.1) is 0 Å². The molecule has 3 aromatic carbocycles. The van der Waals surface area contributed by atoms with Gasteiger partial charge in [-0.05, 0) is 188 Å². The number of fused-ring (bicyclic) bond motifs is 2. The van der Waals surface area contributed by atoms with Crippen LogP contribution in [0.3, 0.4) is 0 Å². The molecule has 0 unspecified atom stereocenters. The fourth-order valence-electron chi connectivity index (χ4n) is 15.5. The molecule has 392 valence electrons. The standard InChI is InChI=1S/C60H83N3O9/c1-6-34-21-37-12-11-36(34)22-44(65)29-60(18-7-8-43(60)17-19-69-4)32-63-59(61)62-30-39-13-9-35-10-14-40(31-64)54(39)58(35)72-52-26-38(15-16-48(52)66)57-50(68)27-47-51(71-57)28-53(70-5)56-46-24-42(20-33(2)3)49(67)25-41(46)23-45(37)55(47)56/h11-12,15-16,24-26,28,33-37,39-40,43-45,50,54,57-58,64-68H,6-10,13-14,17-23,27,29-32H2,1-5H3,(H3,61,62,63)/t34-,35-,36+,37+,39+,40-,43+,44-,45+,50-,54+,57+,58-,60-/m1/s1. The van der Waals surface area contributed by atoms with Crippen molar-refractivity contribution >= 4 is 5.96 Å². The lowest BCUT2D eigenvalue weighted by atomic mass is 9.60. The third-order valence-electron chi connectivity index (χ3n) is 19.1. The Balaban J connectivity index is 1.08. The molecule has 3 fully saturated rings. The minimum Gasteiger partial charge on any atom is -0.508 e. The number of hydrogen-bond acceptors (Lipinski definition) is 12. The van der Waals surface area contributed by atoms with Gasteiger partial charge in [0.1, 0.15) is 29.5 Å². The molecule has 12 nitrogen and oxygen atoms in total. The molecule has 5 aliphatic carbocycles. The molecule has 0 radical (unpaired) electrons. The Labute approximate surface area is 427 Å². The highest BCUT2D eigenvalue weighted by atomic mass is 16.5. The van der Waals surface area contributed by atoms with E-state index < -0.39 is 18.3 Å². The second kappa shape index (κ2) is 21.4. The second-order valence-corrected chi connectivity index (χ2v) is 23.7. The molecular formula is C60H83N3O9. The Bertz CT molecular complexity index is 2470. The number of nitrogens with two attached hydrogens (primary N) is 1. The maximum absolute atomic E-state index is 12.4. The summed E-state index contributed by atoms with van der Waals surface area (Å²) in [5.74, 6) is 4.33. The number of allylic oxidation sites excluding steroid dienone is 2. The number of aromatic hydroxyl groups is 2. The molecule has 8 N–H and O–H groups in total. The predicted octanol–water partition coefficient (Wildman–Crippen LogP) is 9.54. The average molecular weight is 990 g/mol. The zero-order valence-corrected chi connectivity index (χ0v) is 43.5. The van der Waals surface area contributed by atoms with Crippen LogP contribution in [-0.2, 0) is 24.0 Å². The summed E-state index contributed by atoms with van der Waals surface area (Å²) < 4.78 is 26.0. The zero-order valence-electron chi connectivity index (χ0n) is 43.5. The monoisotopic (exact) mass is 990 g/mol. The molecule has 10 aliphatic rings. The number of guanidine groups is 1. The molecule has 3 saturated carbocycles. The average Bonchev–Trinajstić information content (AvgIpc) is 3.76. The summed E-state index contributed by atoms with van der Waals surface area (Å²) in [5, 5.41) is 62.0. The fourth-order valence-corrected chi connectivity index (χ4v) is 15.5. The van der Waals surface area contributed by atoms with Crippen LogP contribution in [-0.4, -0.2) is 90.3 Å². The van der Waals surface area contributed by atoms with E-state index in [4.69, 9.17) is 29.7 Å². The molecule has 0 saturated heterocycles. The van der Waals surface area contributed by atoms with Gasteiger partial charge in [0.15, 0.2) is 17.5 Å². The van der Waals surface area contributed by atoms with Crippen molar-refractivity contribution in [2.75, 3.05) is 40.5 Å². The smallest absolute Gasteiger partial charge is 0.188 e. The van der Waals surface area contributed by atoms with Gasteiger partial charge in [0.2, 0.25) is 0 Å². The third-order valence-corrected chi connectivity index (χ3v) is 19.1. The second-order valence-electron chi connectivity index (χ2n) is 23.7. The number of nitrogens with one attached hydrogen (secondary N) is 1. The lowest BCUT2D eigenvalue weighted by Gasteiger charge is -2.50. The maximum atomic E-state index is 12.4. The van der Waals surface area contributed by atoms with Gasteiger partial charge in [0, 0.05) is 62.9 Å². The number of benzene rings is 3. The van der Waals surface area contributed by atoms with Crippen LogP contribution in [0.1, 0.15) is 138 Å². The minimum atomic E-state index is -0.909. The van der Waals surface area contributed by atoms with Crippen molar-refractivity contribution in [3.8, 4) is 39.9 Å². The summed E-state index contributed by atoms with van der Waals surface area (Å²) >= 11 is 0. The van der Waals surface area contributed by atoms with Crippen molar-refractivity contribution in [1.82, 2.24) is 5.32 Å². The number of ether oxygens (including phenoxy) is 4. The van der Waals surface area contributed by atoms with E-state index in [9.17, 15) is 25.5 Å². The van der Waals surface area contributed by atoms with E-state index in [0.29, 0.717) is 97.7 Å². The van der Waals surface area contributed by atoms with Gasteiger partial charge in [-0.25, -0.2) is 0 Å². The van der Waals surface area contributed by atoms with Crippen molar-refractivity contribution in [3.63, 3.8) is 0 Å². The molecule has 0 aromatic heterocycles. The number of hydrogen-bond donors (Lipinski definition) is 7. The normalized spacial score (nSPS) is 34.2. The number of aliphatic hydroxyl groups is 3. The van der Waals surface area contributed by atoms with Gasteiger partial charge in [0.25, 0.3) is 0 Å². The topological polar surface area (TPSA) is 188 Å². The van der Waals surface area contributed by atoms with Gasteiger partial charge in [-0.2, -0.15) is 0 Å². The van der Waals surface area contributed by atoms with E-state index in [1.54, 1.807) is 20.3 Å². The molecule has 3 aromatic rings. The van der Waals surface area contributed by atoms with E-state index in [0.717, 1.165) is 104 Å². The van der Waals surface area contributed by atoms with E-state index in [2.05, 4.69) is 44.3 Å². The quantitative estimate of drug-likeness (QED) is 0.107. The Morgan fingerprint density at radius 3 is 2.49 bits per heavy atom. The number of aliphatic hydroxyl groups excluding tert-OH is 3. The first-order chi connectivity index (χ1) is 34.8. The van der Waals surface area contributed by atoms with Crippen LogP contribution in [0.25, 0.3) is 11.1 Å². The molecule has 5 heterocycles. The highest BCUT2D eigenvalue weighted by molar-refractivity contribution is 5.84. The first-order valence-electron chi connectivity index (χ1n) is 27.7. The van der Waals surface area contributed by atoms with Crippen LogP contribution in [0, 0.1) is 58.7 Å². The molecule has 72 heavy (non-hydrogen) atoms. The Hall–Kier alpha value is -4.49. The van der Waals surface area contributed by atoms with Crippen LogP contribution < -0.4 is 25.3 Å². The van der Waals surface area contributed by atoms with E-state index in [1.807, 2.05) is 24.3 Å². The summed E-state index contributed by atoms with van der Waals surface area (Å²) in [6.07, 6.45) is 15.3. The number of rotatable bonds is 8. The number of aliphatic imine (C=N–C) groups is 1. The first-order valence-corrected chi connectivity index (χ1v) is 27.7. The summed E-state index contributed by atoms with van der Waals surface area (Å²) in [7, 11) is 3.48. The number of nitrogens with zero attached hydrogens (tertiary/aromatic N) is 1. The highest BCUT2D eigenvalue weighted by Gasteiger charge is 2.49. The molecule has 12 bridgehead atoms. The Morgan fingerprint density at radius 2 is 1.71 bits per heavy atom. The van der Waals surface area contributed by atoms with Gasteiger partial charge < -0.3 is 55.5 Å². The molecule has 14 atom stereocenters. The van der Waals surface area contributed by atoms with Gasteiger partial charge in [0.05, 0.1) is 19.3 Å². The molecule has 0 amide bonds.